The number of nitrogens with two attached hydrogens (primary N) is 1. The fourth-order valence-corrected chi connectivity index (χ4v) is 2.05. The zero-order valence-electron chi connectivity index (χ0n) is 8.47. The minimum absolute atomic E-state index is 0.229. The fourth-order valence-electron chi connectivity index (χ4n) is 1.28. The second-order valence-electron chi connectivity index (χ2n) is 3.27. The first-order valence-electron chi connectivity index (χ1n) is 4.79. The van der Waals surface area contributed by atoms with E-state index in [1.165, 1.54) is 30.2 Å². The van der Waals surface area contributed by atoms with Crippen LogP contribution in [-0.4, -0.2) is 10.7 Å². The molecule has 0 aliphatic carbocycles. The minimum atomic E-state index is -0.269. The van der Waals surface area contributed by atoms with Crippen molar-refractivity contribution in [1.29, 1.82) is 0 Å². The van der Waals surface area contributed by atoms with Gasteiger partial charge in [0.15, 0.2) is 0 Å². The van der Waals surface area contributed by atoms with Crippen molar-refractivity contribution in [3.05, 3.63) is 48.1 Å². The van der Waals surface area contributed by atoms with Crippen molar-refractivity contribution in [2.75, 3.05) is 5.75 Å². The van der Waals surface area contributed by atoms with Gasteiger partial charge in [-0.25, -0.2) is 9.37 Å². The molecule has 1 aromatic heterocycles. The van der Waals surface area contributed by atoms with E-state index in [1.807, 2.05) is 6.07 Å². The number of aromatic nitrogens is 1. The summed E-state index contributed by atoms with van der Waals surface area (Å²) in [6, 6.07) is 6.08. The molecular formula is C11H11FN2OS. The van der Waals surface area contributed by atoms with Crippen molar-refractivity contribution in [3.63, 3.8) is 0 Å². The number of benzene rings is 1. The molecule has 3 nitrogen and oxygen atoms in total. The molecule has 2 aromatic rings. The Morgan fingerprint density at radius 2 is 2.38 bits per heavy atom. The Morgan fingerprint density at radius 1 is 1.50 bits per heavy atom. The van der Waals surface area contributed by atoms with E-state index in [9.17, 15) is 4.39 Å². The summed E-state index contributed by atoms with van der Waals surface area (Å²) < 4.78 is 18.0. The summed E-state index contributed by atoms with van der Waals surface area (Å²) in [5.74, 6) is 0.332. The third-order valence-electron chi connectivity index (χ3n) is 2.07. The lowest BCUT2D eigenvalue weighted by Crippen LogP contribution is -2.13. The van der Waals surface area contributed by atoms with Crippen LogP contribution in [0, 0.1) is 5.82 Å². The van der Waals surface area contributed by atoms with E-state index in [0.717, 1.165) is 5.56 Å². The highest BCUT2D eigenvalue weighted by Gasteiger charge is 2.09. The first-order valence-corrected chi connectivity index (χ1v) is 5.77. The minimum Gasteiger partial charge on any atom is -0.440 e. The number of hydrogen-bond donors (Lipinski definition) is 1. The molecule has 0 aliphatic heterocycles. The van der Waals surface area contributed by atoms with E-state index in [2.05, 4.69) is 4.98 Å². The Bertz CT molecular complexity index is 447. The van der Waals surface area contributed by atoms with Gasteiger partial charge in [-0.1, -0.05) is 23.9 Å². The van der Waals surface area contributed by atoms with Crippen LogP contribution in [0.3, 0.4) is 0 Å². The lowest BCUT2D eigenvalue weighted by atomic mass is 10.1. The lowest BCUT2D eigenvalue weighted by Gasteiger charge is -2.09. The molecule has 0 amide bonds. The van der Waals surface area contributed by atoms with Crippen LogP contribution in [0.25, 0.3) is 0 Å². The topological polar surface area (TPSA) is 52.0 Å². The highest BCUT2D eigenvalue weighted by atomic mass is 32.2. The van der Waals surface area contributed by atoms with Gasteiger partial charge in [0.1, 0.15) is 12.1 Å². The number of rotatable bonds is 4. The second kappa shape index (κ2) is 5.14. The van der Waals surface area contributed by atoms with Crippen LogP contribution in [-0.2, 0) is 0 Å². The lowest BCUT2D eigenvalue weighted by molar-refractivity contribution is 0.454. The molecule has 1 atom stereocenters. The number of thioether (sulfide) groups is 1. The van der Waals surface area contributed by atoms with Crippen LogP contribution < -0.4 is 5.73 Å². The molecule has 84 valence electrons. The molecule has 0 radical (unpaired) electrons. The zero-order valence-corrected chi connectivity index (χ0v) is 9.28. The Labute approximate surface area is 96.9 Å². The molecule has 0 bridgehead atoms. The van der Waals surface area contributed by atoms with Gasteiger partial charge in [0.25, 0.3) is 5.22 Å². The van der Waals surface area contributed by atoms with Crippen molar-refractivity contribution < 1.29 is 8.81 Å². The van der Waals surface area contributed by atoms with Crippen molar-refractivity contribution in [2.24, 2.45) is 5.73 Å². The van der Waals surface area contributed by atoms with Crippen LogP contribution in [0.5, 0.6) is 0 Å². The van der Waals surface area contributed by atoms with Crippen molar-refractivity contribution >= 4 is 11.8 Å². The largest absolute Gasteiger partial charge is 0.440 e. The van der Waals surface area contributed by atoms with Gasteiger partial charge in [0, 0.05) is 11.8 Å². The van der Waals surface area contributed by atoms with E-state index >= 15 is 0 Å². The van der Waals surface area contributed by atoms with Gasteiger partial charge in [0.05, 0.1) is 6.20 Å². The van der Waals surface area contributed by atoms with Crippen molar-refractivity contribution in [1.82, 2.24) is 4.98 Å². The molecule has 0 saturated heterocycles. The predicted octanol–water partition coefficient (Wildman–Crippen LogP) is 2.61. The Balaban J connectivity index is 1.95. The molecular weight excluding hydrogens is 227 g/mol. The number of hydrogen-bond acceptors (Lipinski definition) is 4. The maximum absolute atomic E-state index is 12.9. The van der Waals surface area contributed by atoms with Gasteiger partial charge in [-0.3, -0.25) is 0 Å². The number of nitrogens with zero attached hydrogens (tertiary/aromatic N) is 1. The molecule has 0 aliphatic rings. The van der Waals surface area contributed by atoms with Crippen LogP contribution in [0.1, 0.15) is 11.6 Å². The maximum atomic E-state index is 12.9. The Morgan fingerprint density at radius 3 is 3.06 bits per heavy atom. The third-order valence-corrected chi connectivity index (χ3v) is 3.05. The Hall–Kier alpha value is -1.33. The monoisotopic (exact) mass is 238 g/mol. The second-order valence-corrected chi connectivity index (χ2v) is 4.24. The van der Waals surface area contributed by atoms with Gasteiger partial charge in [-0.05, 0) is 17.7 Å². The van der Waals surface area contributed by atoms with Gasteiger partial charge in [-0.2, -0.15) is 0 Å². The van der Waals surface area contributed by atoms with Crippen LogP contribution in [0.4, 0.5) is 4.39 Å². The number of halogens is 1. The normalized spacial score (nSPS) is 12.6. The molecule has 1 aromatic carbocycles. The van der Waals surface area contributed by atoms with E-state index in [1.54, 1.807) is 12.3 Å². The SMILES string of the molecule is NC(CSc1ncco1)c1cccc(F)c1. The van der Waals surface area contributed by atoms with Crippen molar-refractivity contribution in [3.8, 4) is 0 Å². The molecule has 0 fully saturated rings. The van der Waals surface area contributed by atoms with E-state index in [-0.39, 0.29) is 11.9 Å². The summed E-state index contributed by atoms with van der Waals surface area (Å²) in [5.41, 5.74) is 6.70. The molecule has 5 heteroatoms. The summed E-state index contributed by atoms with van der Waals surface area (Å²) in [6.07, 6.45) is 3.09. The van der Waals surface area contributed by atoms with Crippen LogP contribution >= 0.6 is 11.8 Å². The van der Waals surface area contributed by atoms with Gasteiger partial charge in [-0.15, -0.1) is 0 Å². The molecule has 2 rings (SSSR count). The Kier molecular flexibility index (Phi) is 3.58. The quantitative estimate of drug-likeness (QED) is 0.832. The molecule has 2 N–H and O–H groups in total. The van der Waals surface area contributed by atoms with E-state index < -0.39 is 0 Å². The van der Waals surface area contributed by atoms with Gasteiger partial charge >= 0.3 is 0 Å². The third kappa shape index (κ3) is 2.84. The van der Waals surface area contributed by atoms with E-state index in [0.29, 0.717) is 11.0 Å². The highest BCUT2D eigenvalue weighted by Crippen LogP contribution is 2.22. The average Bonchev–Trinajstić information content (AvgIpc) is 2.78. The van der Waals surface area contributed by atoms with Crippen LogP contribution in [0.15, 0.2) is 46.4 Å². The molecule has 0 saturated carbocycles. The first kappa shape index (κ1) is 11.2. The molecule has 0 spiro atoms. The smallest absolute Gasteiger partial charge is 0.255 e. The van der Waals surface area contributed by atoms with Gasteiger partial charge in [0.2, 0.25) is 0 Å². The maximum Gasteiger partial charge on any atom is 0.255 e. The standard InChI is InChI=1S/C11H11FN2OS/c12-9-3-1-2-8(6-9)10(13)7-16-11-14-4-5-15-11/h1-6,10H,7,13H2. The highest BCUT2D eigenvalue weighted by molar-refractivity contribution is 7.99. The molecule has 1 heterocycles. The summed E-state index contributed by atoms with van der Waals surface area (Å²) in [7, 11) is 0. The summed E-state index contributed by atoms with van der Waals surface area (Å²) in [4.78, 5) is 3.97. The zero-order chi connectivity index (χ0) is 11.4. The molecule has 16 heavy (non-hydrogen) atoms. The van der Waals surface area contributed by atoms with Gasteiger partial charge < -0.3 is 10.2 Å². The molecule has 1 unspecified atom stereocenters. The number of oxazole rings is 1. The predicted molar refractivity (Wildman–Crippen MR) is 60.6 cm³/mol. The average molecular weight is 238 g/mol. The first-order chi connectivity index (χ1) is 7.75. The van der Waals surface area contributed by atoms with E-state index in [4.69, 9.17) is 10.2 Å². The summed E-state index contributed by atoms with van der Waals surface area (Å²) in [5, 5.41) is 0.576. The fraction of sp³-hybridized carbons (Fsp3) is 0.182. The summed E-state index contributed by atoms with van der Waals surface area (Å²) in [6.45, 7) is 0. The summed E-state index contributed by atoms with van der Waals surface area (Å²) >= 11 is 1.41. The van der Waals surface area contributed by atoms with Crippen molar-refractivity contribution in [2.45, 2.75) is 11.3 Å². The van der Waals surface area contributed by atoms with Crippen LogP contribution in [0.2, 0.25) is 0 Å².